The van der Waals surface area contributed by atoms with Gasteiger partial charge >= 0.3 is 0 Å². The summed E-state index contributed by atoms with van der Waals surface area (Å²) in [4.78, 5) is 21.6. The number of hydrogen-bond acceptors (Lipinski definition) is 4. The summed E-state index contributed by atoms with van der Waals surface area (Å²) >= 11 is 0. The Bertz CT molecular complexity index is 222. The monoisotopic (exact) mass is 168 g/mol. The smallest absolute Gasteiger partial charge is 0.222 e. The van der Waals surface area contributed by atoms with Crippen LogP contribution in [0.2, 0.25) is 0 Å². The number of ketones is 2. The van der Waals surface area contributed by atoms with E-state index in [0.717, 1.165) is 0 Å². The highest BCUT2D eigenvalue weighted by molar-refractivity contribution is 6.07. The van der Waals surface area contributed by atoms with E-state index in [1.165, 1.54) is 13.8 Å². The van der Waals surface area contributed by atoms with Crippen LogP contribution in [0.15, 0.2) is 0 Å². The minimum absolute atomic E-state index is 0.455. The Morgan fingerprint density at radius 3 is 1.42 bits per heavy atom. The maximum Gasteiger partial charge on any atom is 0.222 e. The zero-order valence-electron chi connectivity index (χ0n) is 7.13. The molecule has 0 aliphatic heterocycles. The van der Waals surface area contributed by atoms with Crippen molar-refractivity contribution in [3.8, 4) is 11.8 Å². The lowest BCUT2D eigenvalue weighted by atomic mass is 10.2. The first-order valence-corrected chi connectivity index (χ1v) is 3.56. The highest BCUT2D eigenvalue weighted by Gasteiger charge is 2.05. The summed E-state index contributed by atoms with van der Waals surface area (Å²) in [5.41, 5.74) is 10.4. The predicted molar refractivity (Wildman–Crippen MR) is 45.1 cm³/mol. The van der Waals surface area contributed by atoms with Gasteiger partial charge in [-0.2, -0.15) is 0 Å². The zero-order chi connectivity index (χ0) is 9.72. The molecule has 0 aromatic heterocycles. The molecule has 0 radical (unpaired) electrons. The standard InChI is InChI=1S/C8H12N2O2/c1-5(9)7(11)3-4-8(12)6(2)10/h5-6H,9-10H2,1-2H3/t5-,6-/m0/s1. The van der Waals surface area contributed by atoms with E-state index in [1.807, 2.05) is 0 Å². The highest BCUT2D eigenvalue weighted by atomic mass is 16.1. The molecule has 0 aliphatic carbocycles. The molecule has 0 aliphatic rings. The number of nitrogens with two attached hydrogens (primary N) is 2. The molecule has 4 N–H and O–H groups in total. The Hall–Kier alpha value is -1.18. The van der Waals surface area contributed by atoms with Gasteiger partial charge in [-0.15, -0.1) is 0 Å². The summed E-state index contributed by atoms with van der Waals surface area (Å²) < 4.78 is 0. The van der Waals surface area contributed by atoms with Crippen molar-refractivity contribution in [2.45, 2.75) is 25.9 Å². The van der Waals surface area contributed by atoms with Crippen molar-refractivity contribution in [2.24, 2.45) is 11.5 Å². The Balaban J connectivity index is 4.22. The largest absolute Gasteiger partial charge is 0.321 e. The molecule has 66 valence electrons. The van der Waals surface area contributed by atoms with Crippen LogP contribution in [0.25, 0.3) is 0 Å². The SMILES string of the molecule is C[C@H](N)C(=O)C#CC(=O)[C@H](C)N. The van der Waals surface area contributed by atoms with Crippen molar-refractivity contribution in [2.75, 3.05) is 0 Å². The number of carbonyl (C=O) groups excluding carboxylic acids is 2. The average molecular weight is 168 g/mol. The van der Waals surface area contributed by atoms with Gasteiger partial charge in [-0.05, 0) is 25.7 Å². The summed E-state index contributed by atoms with van der Waals surface area (Å²) in [5, 5.41) is 0. The first kappa shape index (κ1) is 10.8. The van der Waals surface area contributed by atoms with Gasteiger partial charge in [0.2, 0.25) is 11.6 Å². The van der Waals surface area contributed by atoms with E-state index >= 15 is 0 Å². The van der Waals surface area contributed by atoms with E-state index in [9.17, 15) is 9.59 Å². The molecule has 0 bridgehead atoms. The van der Waals surface area contributed by atoms with Crippen molar-refractivity contribution in [3.05, 3.63) is 0 Å². The quantitative estimate of drug-likeness (QED) is 0.401. The molecule has 0 saturated carbocycles. The Labute approximate surface area is 71.3 Å². The third kappa shape index (κ3) is 3.86. The molecule has 0 amide bonds. The molecule has 2 atom stereocenters. The minimum Gasteiger partial charge on any atom is -0.321 e. The third-order valence-electron chi connectivity index (χ3n) is 1.14. The average Bonchev–Trinajstić information content (AvgIpc) is 1.98. The van der Waals surface area contributed by atoms with E-state index in [2.05, 4.69) is 11.8 Å². The van der Waals surface area contributed by atoms with Gasteiger partial charge in [-0.3, -0.25) is 9.59 Å². The van der Waals surface area contributed by atoms with Gasteiger partial charge in [0, 0.05) is 0 Å². The molecule has 12 heavy (non-hydrogen) atoms. The van der Waals surface area contributed by atoms with Crippen molar-refractivity contribution in [3.63, 3.8) is 0 Å². The lowest BCUT2D eigenvalue weighted by molar-refractivity contribution is -0.116. The normalized spacial score (nSPS) is 14.0. The van der Waals surface area contributed by atoms with Crippen molar-refractivity contribution in [1.29, 1.82) is 0 Å². The number of carbonyl (C=O) groups is 2. The number of hydrogen-bond donors (Lipinski definition) is 2. The van der Waals surface area contributed by atoms with E-state index < -0.39 is 23.7 Å². The molecule has 0 aromatic rings. The fraction of sp³-hybridized carbons (Fsp3) is 0.500. The van der Waals surface area contributed by atoms with Crippen LogP contribution in [0, 0.1) is 11.8 Å². The second-order valence-electron chi connectivity index (χ2n) is 2.56. The molecular weight excluding hydrogens is 156 g/mol. The second-order valence-corrected chi connectivity index (χ2v) is 2.56. The van der Waals surface area contributed by atoms with Gasteiger partial charge in [-0.1, -0.05) is 0 Å². The lowest BCUT2D eigenvalue weighted by Gasteiger charge is -1.95. The van der Waals surface area contributed by atoms with Crippen molar-refractivity contribution < 1.29 is 9.59 Å². The molecule has 4 nitrogen and oxygen atoms in total. The molecule has 0 aromatic carbocycles. The maximum absolute atomic E-state index is 10.8. The summed E-state index contributed by atoms with van der Waals surface area (Å²) in [7, 11) is 0. The minimum atomic E-state index is -0.654. The topological polar surface area (TPSA) is 86.2 Å². The Morgan fingerprint density at radius 2 is 1.25 bits per heavy atom. The van der Waals surface area contributed by atoms with Gasteiger partial charge in [-0.25, -0.2) is 0 Å². The molecular formula is C8H12N2O2. The van der Waals surface area contributed by atoms with Gasteiger partial charge in [0.25, 0.3) is 0 Å². The first-order chi connectivity index (χ1) is 5.45. The van der Waals surface area contributed by atoms with Gasteiger partial charge < -0.3 is 11.5 Å². The zero-order valence-corrected chi connectivity index (χ0v) is 7.13. The number of Topliss-reactive ketones (excluding diaryl/α,β-unsaturated/α-hetero) is 2. The lowest BCUT2D eigenvalue weighted by Crippen LogP contribution is -2.27. The fourth-order valence-electron chi connectivity index (χ4n) is 0.351. The van der Waals surface area contributed by atoms with Crippen LogP contribution in [-0.4, -0.2) is 23.7 Å². The molecule has 0 saturated heterocycles. The summed E-state index contributed by atoms with van der Waals surface area (Å²) in [6.07, 6.45) is 0. The van der Waals surface area contributed by atoms with Crippen LogP contribution in [-0.2, 0) is 9.59 Å². The molecule has 0 spiro atoms. The first-order valence-electron chi connectivity index (χ1n) is 3.56. The van der Waals surface area contributed by atoms with Crippen LogP contribution in [0.3, 0.4) is 0 Å². The Kier molecular flexibility index (Phi) is 4.19. The third-order valence-corrected chi connectivity index (χ3v) is 1.14. The molecule has 0 fully saturated rings. The molecule has 4 heteroatoms. The number of rotatable bonds is 2. The van der Waals surface area contributed by atoms with E-state index in [4.69, 9.17) is 11.5 Å². The van der Waals surface area contributed by atoms with Crippen LogP contribution in [0.5, 0.6) is 0 Å². The van der Waals surface area contributed by atoms with E-state index in [-0.39, 0.29) is 0 Å². The fourth-order valence-corrected chi connectivity index (χ4v) is 0.351. The van der Waals surface area contributed by atoms with Crippen LogP contribution >= 0.6 is 0 Å². The van der Waals surface area contributed by atoms with Crippen LogP contribution in [0.4, 0.5) is 0 Å². The second kappa shape index (κ2) is 4.65. The molecule has 0 unspecified atom stereocenters. The predicted octanol–water partition coefficient (Wildman–Crippen LogP) is -1.18. The van der Waals surface area contributed by atoms with E-state index in [0.29, 0.717) is 0 Å². The summed E-state index contributed by atoms with van der Waals surface area (Å²) in [5.74, 6) is 3.33. The van der Waals surface area contributed by atoms with Gasteiger partial charge in [0.05, 0.1) is 12.1 Å². The molecule has 0 rings (SSSR count). The van der Waals surface area contributed by atoms with Gasteiger partial charge in [0.1, 0.15) is 0 Å². The summed E-state index contributed by atoms with van der Waals surface area (Å²) in [6, 6.07) is -1.31. The van der Waals surface area contributed by atoms with E-state index in [1.54, 1.807) is 0 Å². The van der Waals surface area contributed by atoms with Gasteiger partial charge in [0.15, 0.2) is 0 Å². The van der Waals surface area contributed by atoms with Crippen LogP contribution < -0.4 is 11.5 Å². The highest BCUT2D eigenvalue weighted by Crippen LogP contribution is 1.79. The van der Waals surface area contributed by atoms with Crippen LogP contribution in [0.1, 0.15) is 13.8 Å². The summed E-state index contributed by atoms with van der Waals surface area (Å²) in [6.45, 7) is 3.01. The van der Waals surface area contributed by atoms with Crippen molar-refractivity contribution >= 4 is 11.6 Å². The maximum atomic E-state index is 10.8. The molecule has 0 heterocycles. The van der Waals surface area contributed by atoms with Crippen molar-refractivity contribution in [1.82, 2.24) is 0 Å². The Morgan fingerprint density at radius 1 is 1.00 bits per heavy atom.